The molecular weight excluding hydrogens is 337 g/mol. The topological polar surface area (TPSA) is 60.9 Å². The second kappa shape index (κ2) is 6.67. The number of benzene rings is 1. The fourth-order valence-electron chi connectivity index (χ4n) is 3.40. The van der Waals surface area contributed by atoms with Gasteiger partial charge in [0.25, 0.3) is 0 Å². The molecule has 0 aromatic heterocycles. The van der Waals surface area contributed by atoms with Crippen molar-refractivity contribution < 1.29 is 27.9 Å². The summed E-state index contributed by atoms with van der Waals surface area (Å²) in [6.07, 6.45) is -4.01. The van der Waals surface area contributed by atoms with Crippen molar-refractivity contribution in [2.24, 2.45) is 5.92 Å². The van der Waals surface area contributed by atoms with E-state index < -0.39 is 30.2 Å². The van der Waals surface area contributed by atoms with Crippen LogP contribution in [0.4, 0.5) is 13.2 Å². The SMILES string of the molecule is O=C(CO)N1CCN(C(=O)[C@@H]2C[C@H]2c2ccccc2C(F)(F)F)CC1. The molecule has 1 heterocycles. The summed E-state index contributed by atoms with van der Waals surface area (Å²) in [5.41, 5.74) is -0.490. The minimum atomic E-state index is -4.43. The van der Waals surface area contributed by atoms with E-state index in [4.69, 9.17) is 5.11 Å². The van der Waals surface area contributed by atoms with E-state index in [1.54, 1.807) is 11.0 Å². The van der Waals surface area contributed by atoms with E-state index in [1.165, 1.54) is 17.0 Å². The zero-order valence-corrected chi connectivity index (χ0v) is 13.5. The van der Waals surface area contributed by atoms with Crippen LogP contribution in [0.15, 0.2) is 24.3 Å². The van der Waals surface area contributed by atoms with Gasteiger partial charge in [-0.1, -0.05) is 18.2 Å². The maximum Gasteiger partial charge on any atom is 0.416 e. The second-order valence-corrected chi connectivity index (χ2v) is 6.40. The summed E-state index contributed by atoms with van der Waals surface area (Å²) in [6.45, 7) is 0.791. The van der Waals surface area contributed by atoms with Gasteiger partial charge in [0.2, 0.25) is 11.8 Å². The van der Waals surface area contributed by atoms with Crippen LogP contribution in [0.5, 0.6) is 0 Å². The van der Waals surface area contributed by atoms with Crippen molar-refractivity contribution in [3.8, 4) is 0 Å². The summed E-state index contributed by atoms with van der Waals surface area (Å²) in [5.74, 6) is -1.36. The predicted octanol–water partition coefficient (Wildman–Crippen LogP) is 1.47. The number of carbonyl (C=O) groups excluding carboxylic acids is 2. The number of amides is 2. The van der Waals surface area contributed by atoms with Gasteiger partial charge in [-0.15, -0.1) is 0 Å². The molecule has 0 spiro atoms. The normalized spacial score (nSPS) is 23.5. The maximum absolute atomic E-state index is 13.1. The van der Waals surface area contributed by atoms with Crippen LogP contribution in [0.1, 0.15) is 23.5 Å². The minimum Gasteiger partial charge on any atom is -0.387 e. The van der Waals surface area contributed by atoms with Gasteiger partial charge in [0.05, 0.1) is 5.56 Å². The van der Waals surface area contributed by atoms with Gasteiger partial charge in [-0.2, -0.15) is 13.2 Å². The van der Waals surface area contributed by atoms with E-state index in [1.807, 2.05) is 0 Å². The summed E-state index contributed by atoms with van der Waals surface area (Å²) in [5, 5.41) is 8.85. The van der Waals surface area contributed by atoms with Crippen LogP contribution in [0, 0.1) is 5.92 Å². The molecule has 2 atom stereocenters. The fraction of sp³-hybridized carbons (Fsp3) is 0.529. The number of alkyl halides is 3. The molecule has 5 nitrogen and oxygen atoms in total. The monoisotopic (exact) mass is 356 g/mol. The van der Waals surface area contributed by atoms with Crippen LogP contribution < -0.4 is 0 Å². The highest BCUT2D eigenvalue weighted by molar-refractivity contribution is 5.84. The van der Waals surface area contributed by atoms with Crippen LogP contribution in [0.25, 0.3) is 0 Å². The predicted molar refractivity (Wildman–Crippen MR) is 82.5 cm³/mol. The number of rotatable bonds is 3. The number of hydrogen-bond donors (Lipinski definition) is 1. The average molecular weight is 356 g/mol. The first kappa shape index (κ1) is 17.7. The van der Waals surface area contributed by atoms with Crippen LogP contribution >= 0.6 is 0 Å². The van der Waals surface area contributed by atoms with Crippen molar-refractivity contribution in [3.63, 3.8) is 0 Å². The first-order chi connectivity index (χ1) is 11.8. The molecule has 1 aliphatic heterocycles. The summed E-state index contributed by atoms with van der Waals surface area (Å²) >= 11 is 0. The van der Waals surface area contributed by atoms with Crippen molar-refractivity contribution >= 4 is 11.8 Å². The van der Waals surface area contributed by atoms with Gasteiger partial charge in [0.15, 0.2) is 0 Å². The van der Waals surface area contributed by atoms with Gasteiger partial charge in [0, 0.05) is 32.1 Å². The fourth-order valence-corrected chi connectivity index (χ4v) is 3.40. The number of piperazine rings is 1. The van der Waals surface area contributed by atoms with E-state index >= 15 is 0 Å². The van der Waals surface area contributed by atoms with Gasteiger partial charge in [0.1, 0.15) is 6.61 Å². The molecule has 1 aromatic carbocycles. The number of carbonyl (C=O) groups is 2. The van der Waals surface area contributed by atoms with Crippen LogP contribution in [-0.4, -0.2) is 59.5 Å². The Morgan fingerprint density at radius 1 is 1.08 bits per heavy atom. The largest absolute Gasteiger partial charge is 0.416 e. The van der Waals surface area contributed by atoms with Gasteiger partial charge in [-0.25, -0.2) is 0 Å². The van der Waals surface area contributed by atoms with E-state index in [-0.39, 0.29) is 17.4 Å². The number of aliphatic hydroxyl groups is 1. The third-order valence-electron chi connectivity index (χ3n) is 4.85. The molecule has 25 heavy (non-hydrogen) atoms. The molecule has 3 rings (SSSR count). The molecule has 2 fully saturated rings. The molecule has 2 amide bonds. The molecule has 0 radical (unpaired) electrons. The number of hydrogen-bond acceptors (Lipinski definition) is 3. The molecule has 1 saturated heterocycles. The zero-order chi connectivity index (χ0) is 18.2. The highest BCUT2D eigenvalue weighted by Crippen LogP contribution is 2.51. The maximum atomic E-state index is 13.1. The third kappa shape index (κ3) is 3.63. The van der Waals surface area contributed by atoms with Crippen molar-refractivity contribution in [1.82, 2.24) is 9.80 Å². The van der Waals surface area contributed by atoms with E-state index in [9.17, 15) is 22.8 Å². The van der Waals surface area contributed by atoms with E-state index in [0.29, 0.717) is 32.6 Å². The van der Waals surface area contributed by atoms with E-state index in [0.717, 1.165) is 6.07 Å². The molecule has 1 aliphatic carbocycles. The zero-order valence-electron chi connectivity index (χ0n) is 13.5. The van der Waals surface area contributed by atoms with Crippen LogP contribution in [0.2, 0.25) is 0 Å². The van der Waals surface area contributed by atoms with E-state index in [2.05, 4.69) is 0 Å². The Labute approximate surface area is 143 Å². The minimum absolute atomic E-state index is 0.155. The lowest BCUT2D eigenvalue weighted by Gasteiger charge is -2.34. The number of halogens is 3. The number of aliphatic hydroxyl groups excluding tert-OH is 1. The first-order valence-electron chi connectivity index (χ1n) is 8.16. The Hall–Kier alpha value is -2.09. The molecule has 2 aliphatic rings. The van der Waals surface area contributed by atoms with Crippen LogP contribution in [0.3, 0.4) is 0 Å². The van der Waals surface area contributed by atoms with Crippen molar-refractivity contribution in [1.29, 1.82) is 0 Å². The highest BCUT2D eigenvalue weighted by Gasteiger charge is 2.49. The molecule has 136 valence electrons. The molecule has 0 unspecified atom stereocenters. The smallest absolute Gasteiger partial charge is 0.387 e. The standard InChI is InChI=1S/C17H19F3N2O3/c18-17(19,20)14-4-2-1-3-11(14)12-9-13(12)16(25)22-7-5-21(6-8-22)15(24)10-23/h1-4,12-13,23H,5-10H2/t12-,13+/m0/s1. The quantitative estimate of drug-likeness (QED) is 0.892. The first-order valence-corrected chi connectivity index (χ1v) is 8.16. The lowest BCUT2D eigenvalue weighted by molar-refractivity contribution is -0.142. The molecule has 1 aromatic rings. The lowest BCUT2D eigenvalue weighted by Crippen LogP contribution is -2.51. The van der Waals surface area contributed by atoms with Crippen LogP contribution in [-0.2, 0) is 15.8 Å². The molecular formula is C17H19F3N2O3. The Kier molecular flexibility index (Phi) is 4.73. The third-order valence-corrected chi connectivity index (χ3v) is 4.85. The summed E-state index contributed by atoms with van der Waals surface area (Å²) in [6, 6.07) is 5.40. The average Bonchev–Trinajstić information content (AvgIpc) is 3.40. The van der Waals surface area contributed by atoms with Gasteiger partial charge in [-0.3, -0.25) is 9.59 Å². The second-order valence-electron chi connectivity index (χ2n) is 6.40. The van der Waals surface area contributed by atoms with Gasteiger partial charge >= 0.3 is 6.18 Å². The Bertz CT molecular complexity index is 669. The Morgan fingerprint density at radius 2 is 1.68 bits per heavy atom. The summed E-state index contributed by atoms with van der Waals surface area (Å²) in [7, 11) is 0. The molecule has 8 heteroatoms. The van der Waals surface area contributed by atoms with Crippen molar-refractivity contribution in [3.05, 3.63) is 35.4 Å². The Morgan fingerprint density at radius 3 is 2.28 bits per heavy atom. The molecule has 1 saturated carbocycles. The van der Waals surface area contributed by atoms with Crippen molar-refractivity contribution in [2.75, 3.05) is 32.8 Å². The molecule has 0 bridgehead atoms. The van der Waals surface area contributed by atoms with Crippen molar-refractivity contribution in [2.45, 2.75) is 18.5 Å². The number of nitrogens with zero attached hydrogens (tertiary/aromatic N) is 2. The summed E-state index contributed by atoms with van der Waals surface area (Å²) < 4.78 is 39.4. The molecule has 1 N–H and O–H groups in total. The van der Waals surface area contributed by atoms with Gasteiger partial charge in [-0.05, 0) is 24.0 Å². The lowest BCUT2D eigenvalue weighted by atomic mass is 10.0. The Balaban J connectivity index is 1.63. The highest BCUT2D eigenvalue weighted by atomic mass is 19.4. The summed E-state index contributed by atoms with van der Waals surface area (Å²) in [4.78, 5) is 27.0. The van der Waals surface area contributed by atoms with Gasteiger partial charge < -0.3 is 14.9 Å².